The Bertz CT molecular complexity index is 318. The molecule has 0 saturated heterocycles. The van der Waals surface area contributed by atoms with Crippen molar-refractivity contribution in [3.63, 3.8) is 0 Å². The van der Waals surface area contributed by atoms with Gasteiger partial charge in [-0.05, 0) is 25.0 Å². The Morgan fingerprint density at radius 1 is 0.944 bits per heavy atom. The van der Waals surface area contributed by atoms with Crippen molar-refractivity contribution >= 4 is 15.9 Å². The highest BCUT2D eigenvalue weighted by Gasteiger charge is 2.01. The number of para-hydroxylation sites is 2. The summed E-state index contributed by atoms with van der Waals surface area (Å²) in [6, 6.07) is 7.68. The van der Waals surface area contributed by atoms with E-state index in [2.05, 4.69) is 15.9 Å². The van der Waals surface area contributed by atoms with Crippen LogP contribution in [0, 0.1) is 0 Å². The van der Waals surface area contributed by atoms with Gasteiger partial charge >= 0.3 is 0 Å². The third-order valence-corrected chi connectivity index (χ3v) is 2.99. The summed E-state index contributed by atoms with van der Waals surface area (Å²) in [5.74, 6) is 1.56. The minimum absolute atomic E-state index is 0.652. The van der Waals surface area contributed by atoms with Crippen LogP contribution < -0.4 is 9.47 Å². The first-order valence-corrected chi connectivity index (χ1v) is 7.40. The third-order valence-electron chi connectivity index (χ3n) is 2.43. The van der Waals surface area contributed by atoms with Gasteiger partial charge in [-0.2, -0.15) is 0 Å². The quantitative estimate of drug-likeness (QED) is 0.487. The molecule has 1 rings (SSSR count). The molecular formula is C14H21BrO3. The highest BCUT2D eigenvalue weighted by molar-refractivity contribution is 9.09. The van der Waals surface area contributed by atoms with Crippen LogP contribution in [0.1, 0.15) is 19.3 Å². The van der Waals surface area contributed by atoms with Crippen molar-refractivity contribution in [3.8, 4) is 11.5 Å². The van der Waals surface area contributed by atoms with E-state index in [1.807, 2.05) is 24.3 Å². The van der Waals surface area contributed by atoms with Crippen molar-refractivity contribution < 1.29 is 14.2 Å². The minimum atomic E-state index is 0.652. The number of alkyl halides is 1. The molecule has 102 valence electrons. The Hall–Kier alpha value is -0.740. The molecule has 0 saturated carbocycles. The Labute approximate surface area is 118 Å². The Morgan fingerprint density at radius 3 is 2.39 bits per heavy atom. The predicted octanol–water partition coefficient (Wildman–Crippen LogP) is 3.66. The van der Waals surface area contributed by atoms with Gasteiger partial charge in [-0.15, -0.1) is 0 Å². The summed E-state index contributed by atoms with van der Waals surface area (Å²) in [6.07, 6.45) is 3.17. The largest absolute Gasteiger partial charge is 0.493 e. The molecule has 0 fully saturated rings. The monoisotopic (exact) mass is 316 g/mol. The molecule has 0 N–H and O–H groups in total. The van der Waals surface area contributed by atoms with Crippen LogP contribution in [0.3, 0.4) is 0 Å². The SMILES string of the molecule is COc1ccccc1OCCCOCCCCBr. The van der Waals surface area contributed by atoms with Gasteiger partial charge in [-0.3, -0.25) is 0 Å². The van der Waals surface area contributed by atoms with Crippen LogP contribution in [0.2, 0.25) is 0 Å². The molecule has 3 nitrogen and oxygen atoms in total. The van der Waals surface area contributed by atoms with E-state index in [4.69, 9.17) is 14.2 Å². The van der Waals surface area contributed by atoms with Gasteiger partial charge in [-0.25, -0.2) is 0 Å². The lowest BCUT2D eigenvalue weighted by atomic mass is 10.3. The van der Waals surface area contributed by atoms with Crippen LogP contribution in [0.5, 0.6) is 11.5 Å². The van der Waals surface area contributed by atoms with Crippen LogP contribution in [0.25, 0.3) is 0 Å². The number of hydrogen-bond acceptors (Lipinski definition) is 3. The Morgan fingerprint density at radius 2 is 1.67 bits per heavy atom. The molecule has 0 atom stereocenters. The maximum Gasteiger partial charge on any atom is 0.161 e. The number of halogens is 1. The molecule has 18 heavy (non-hydrogen) atoms. The molecule has 0 aliphatic carbocycles. The lowest BCUT2D eigenvalue weighted by molar-refractivity contribution is 0.116. The molecule has 0 aliphatic heterocycles. The van der Waals surface area contributed by atoms with Crippen molar-refractivity contribution in [1.29, 1.82) is 0 Å². The molecule has 4 heteroatoms. The number of methoxy groups -OCH3 is 1. The number of hydrogen-bond donors (Lipinski definition) is 0. The summed E-state index contributed by atoms with van der Waals surface area (Å²) in [6.45, 7) is 2.23. The summed E-state index contributed by atoms with van der Waals surface area (Å²) < 4.78 is 16.3. The second-order valence-corrected chi connectivity index (χ2v) is 4.65. The third kappa shape index (κ3) is 6.26. The average molecular weight is 317 g/mol. The van der Waals surface area contributed by atoms with Crippen molar-refractivity contribution in [2.45, 2.75) is 19.3 Å². The lowest BCUT2D eigenvalue weighted by Crippen LogP contribution is -2.04. The van der Waals surface area contributed by atoms with Crippen LogP contribution in [0.4, 0.5) is 0 Å². The van der Waals surface area contributed by atoms with Crippen LogP contribution in [-0.2, 0) is 4.74 Å². The zero-order valence-corrected chi connectivity index (χ0v) is 12.4. The van der Waals surface area contributed by atoms with E-state index in [0.717, 1.165) is 49.3 Å². The number of unbranched alkanes of at least 4 members (excludes halogenated alkanes) is 1. The van der Waals surface area contributed by atoms with E-state index in [-0.39, 0.29) is 0 Å². The summed E-state index contributed by atoms with van der Waals surface area (Å²) in [5, 5.41) is 1.05. The smallest absolute Gasteiger partial charge is 0.161 e. The first-order chi connectivity index (χ1) is 8.88. The van der Waals surface area contributed by atoms with E-state index in [1.165, 1.54) is 0 Å². The topological polar surface area (TPSA) is 27.7 Å². The summed E-state index contributed by atoms with van der Waals surface area (Å²) in [5.41, 5.74) is 0. The van der Waals surface area contributed by atoms with Crippen LogP contribution in [-0.4, -0.2) is 32.3 Å². The normalized spacial score (nSPS) is 10.3. The van der Waals surface area contributed by atoms with E-state index in [9.17, 15) is 0 Å². The fourth-order valence-corrected chi connectivity index (χ4v) is 1.88. The molecule has 1 aromatic carbocycles. The molecule has 0 aliphatic rings. The zero-order valence-electron chi connectivity index (χ0n) is 10.9. The second kappa shape index (κ2) is 10.2. The Balaban J connectivity index is 2.07. The van der Waals surface area contributed by atoms with Crippen molar-refractivity contribution in [2.24, 2.45) is 0 Å². The summed E-state index contributed by atoms with van der Waals surface area (Å²) in [7, 11) is 1.65. The lowest BCUT2D eigenvalue weighted by Gasteiger charge is -2.10. The second-order valence-electron chi connectivity index (χ2n) is 3.86. The highest BCUT2D eigenvalue weighted by Crippen LogP contribution is 2.25. The summed E-state index contributed by atoms with van der Waals surface area (Å²) in [4.78, 5) is 0. The minimum Gasteiger partial charge on any atom is -0.493 e. The molecule has 0 aromatic heterocycles. The van der Waals surface area contributed by atoms with E-state index in [1.54, 1.807) is 7.11 Å². The molecule has 0 bridgehead atoms. The van der Waals surface area contributed by atoms with Gasteiger partial charge in [0.25, 0.3) is 0 Å². The maximum absolute atomic E-state index is 5.64. The van der Waals surface area contributed by atoms with Gasteiger partial charge in [0.15, 0.2) is 11.5 Å². The number of ether oxygens (including phenoxy) is 3. The van der Waals surface area contributed by atoms with Crippen molar-refractivity contribution in [1.82, 2.24) is 0 Å². The number of rotatable bonds is 10. The Kier molecular flexibility index (Phi) is 8.69. The first-order valence-electron chi connectivity index (χ1n) is 6.28. The molecular weight excluding hydrogens is 296 g/mol. The fraction of sp³-hybridized carbons (Fsp3) is 0.571. The highest BCUT2D eigenvalue weighted by atomic mass is 79.9. The molecule has 0 unspecified atom stereocenters. The standard InChI is InChI=1S/C14H21BrO3/c1-16-13-7-2-3-8-14(13)18-12-6-11-17-10-5-4-9-15/h2-3,7-8H,4-6,9-12H2,1H3. The van der Waals surface area contributed by atoms with Gasteiger partial charge in [-0.1, -0.05) is 28.1 Å². The van der Waals surface area contributed by atoms with E-state index in [0.29, 0.717) is 6.61 Å². The van der Waals surface area contributed by atoms with Crippen LogP contribution >= 0.6 is 15.9 Å². The predicted molar refractivity (Wildman–Crippen MR) is 77.0 cm³/mol. The maximum atomic E-state index is 5.64. The van der Waals surface area contributed by atoms with Gasteiger partial charge in [0.05, 0.1) is 13.7 Å². The summed E-state index contributed by atoms with van der Waals surface area (Å²) >= 11 is 3.40. The van der Waals surface area contributed by atoms with E-state index >= 15 is 0 Å². The zero-order chi connectivity index (χ0) is 13.1. The fourth-order valence-electron chi connectivity index (χ4n) is 1.48. The van der Waals surface area contributed by atoms with Crippen LogP contribution in [0.15, 0.2) is 24.3 Å². The van der Waals surface area contributed by atoms with Gasteiger partial charge in [0.2, 0.25) is 0 Å². The van der Waals surface area contributed by atoms with Gasteiger partial charge in [0.1, 0.15) is 0 Å². The molecule has 1 aromatic rings. The van der Waals surface area contributed by atoms with Crippen molar-refractivity contribution in [3.05, 3.63) is 24.3 Å². The van der Waals surface area contributed by atoms with Gasteiger partial charge < -0.3 is 14.2 Å². The van der Waals surface area contributed by atoms with Gasteiger partial charge in [0, 0.05) is 25.0 Å². The molecule has 0 heterocycles. The molecule has 0 spiro atoms. The number of benzene rings is 1. The molecule has 0 amide bonds. The van der Waals surface area contributed by atoms with E-state index < -0.39 is 0 Å². The molecule has 0 radical (unpaired) electrons. The van der Waals surface area contributed by atoms with Crippen molar-refractivity contribution in [2.75, 3.05) is 32.3 Å². The first kappa shape index (κ1) is 15.3. The average Bonchev–Trinajstić information content (AvgIpc) is 2.42.